The van der Waals surface area contributed by atoms with Crippen LogP contribution in [0.3, 0.4) is 0 Å². The second-order valence-corrected chi connectivity index (χ2v) is 9.28. The summed E-state index contributed by atoms with van der Waals surface area (Å²) in [4.78, 5) is 28.7. The molecular formula is C30H29FN6O3. The van der Waals surface area contributed by atoms with Gasteiger partial charge in [0.05, 0.1) is 47.5 Å². The van der Waals surface area contributed by atoms with Gasteiger partial charge >= 0.3 is 5.97 Å². The number of carbonyl (C=O) groups is 1. The molecule has 0 spiro atoms. The first-order valence-corrected chi connectivity index (χ1v) is 12.9. The van der Waals surface area contributed by atoms with Crippen LogP contribution in [0.25, 0.3) is 33.5 Å². The number of aromatic nitrogens is 4. The summed E-state index contributed by atoms with van der Waals surface area (Å²) in [6, 6.07) is 17.8. The number of ether oxygens (including phenoxy) is 1. The fourth-order valence-corrected chi connectivity index (χ4v) is 4.37. The number of fused-ring (bicyclic) bond motifs is 1. The van der Waals surface area contributed by atoms with E-state index in [-0.39, 0.29) is 12.2 Å². The largest absolute Gasteiger partial charge is 0.492 e. The molecule has 5 rings (SSSR count). The third-order valence-corrected chi connectivity index (χ3v) is 6.34. The highest BCUT2D eigenvalue weighted by Gasteiger charge is 2.18. The standard InChI is InChI=1S/C30H29FN6O3/c1-18-6-3-9-25(35-18)29-28(36-26(37-29)17-34-24-8-4-7-22(27(24)31)30(38)39)19-10-11-23-20(14-19)15-21(16-33-23)40-13-5-12-32-2/h3-4,6-11,14-16,32,34H,5,12-13,17H2,1-2H3,(H,36,37)(H,38,39). The lowest BCUT2D eigenvalue weighted by Crippen LogP contribution is -2.11. The number of imidazole rings is 1. The molecule has 0 aliphatic carbocycles. The van der Waals surface area contributed by atoms with E-state index in [0.29, 0.717) is 29.6 Å². The number of aryl methyl sites for hydroxylation is 1. The Labute approximate surface area is 230 Å². The lowest BCUT2D eigenvalue weighted by atomic mass is 10.1. The molecule has 0 aliphatic heterocycles. The van der Waals surface area contributed by atoms with Gasteiger partial charge < -0.3 is 25.5 Å². The highest BCUT2D eigenvalue weighted by molar-refractivity contribution is 5.89. The number of nitrogens with one attached hydrogen (secondary N) is 3. The van der Waals surface area contributed by atoms with Crippen molar-refractivity contribution in [3.63, 3.8) is 0 Å². The average molecular weight is 541 g/mol. The minimum absolute atomic E-state index is 0.0760. The van der Waals surface area contributed by atoms with Crippen LogP contribution in [0.5, 0.6) is 5.75 Å². The first-order chi connectivity index (χ1) is 19.4. The molecule has 5 aromatic rings. The van der Waals surface area contributed by atoms with Crippen LogP contribution >= 0.6 is 0 Å². The summed E-state index contributed by atoms with van der Waals surface area (Å²) in [7, 11) is 1.91. The number of H-pyrrole nitrogens is 1. The summed E-state index contributed by atoms with van der Waals surface area (Å²) in [5.74, 6) is -0.922. The first kappa shape index (κ1) is 26.8. The molecule has 0 bridgehead atoms. The topological polar surface area (TPSA) is 125 Å². The number of benzene rings is 2. The van der Waals surface area contributed by atoms with Crippen molar-refractivity contribution in [2.45, 2.75) is 19.9 Å². The van der Waals surface area contributed by atoms with Crippen LogP contribution in [0.1, 0.15) is 28.3 Å². The SMILES string of the molecule is CNCCCOc1cnc2ccc(-c3[nH]c(CNc4cccc(C(=O)O)c4F)nc3-c3cccc(C)n3)cc2c1. The van der Waals surface area contributed by atoms with E-state index in [1.807, 2.05) is 56.4 Å². The molecule has 0 amide bonds. The van der Waals surface area contributed by atoms with Gasteiger partial charge in [0.2, 0.25) is 0 Å². The Kier molecular flexibility index (Phi) is 7.97. The molecule has 3 aromatic heterocycles. The number of aromatic amines is 1. The molecule has 2 aromatic carbocycles. The molecule has 0 radical (unpaired) electrons. The van der Waals surface area contributed by atoms with E-state index in [0.717, 1.165) is 40.8 Å². The first-order valence-electron chi connectivity index (χ1n) is 12.9. The molecule has 10 heteroatoms. The molecule has 40 heavy (non-hydrogen) atoms. The average Bonchev–Trinajstić information content (AvgIpc) is 3.39. The van der Waals surface area contributed by atoms with Crippen LogP contribution in [0, 0.1) is 12.7 Å². The van der Waals surface area contributed by atoms with E-state index >= 15 is 0 Å². The van der Waals surface area contributed by atoms with Gasteiger partial charge in [-0.15, -0.1) is 0 Å². The molecule has 3 heterocycles. The van der Waals surface area contributed by atoms with Gasteiger partial charge in [-0.05, 0) is 69.4 Å². The lowest BCUT2D eigenvalue weighted by Gasteiger charge is -2.08. The lowest BCUT2D eigenvalue weighted by molar-refractivity contribution is 0.0692. The number of pyridine rings is 2. The van der Waals surface area contributed by atoms with Gasteiger partial charge in [0.15, 0.2) is 5.82 Å². The van der Waals surface area contributed by atoms with Crippen molar-refractivity contribution in [1.29, 1.82) is 0 Å². The number of hydrogen-bond donors (Lipinski definition) is 4. The number of carboxylic acid groups (broad SMARTS) is 1. The second kappa shape index (κ2) is 11.9. The predicted molar refractivity (Wildman–Crippen MR) is 152 cm³/mol. The predicted octanol–water partition coefficient (Wildman–Crippen LogP) is 5.43. The third kappa shape index (κ3) is 5.92. The van der Waals surface area contributed by atoms with Crippen LogP contribution in [0.15, 0.2) is 66.9 Å². The van der Waals surface area contributed by atoms with Crippen LogP contribution in [0.2, 0.25) is 0 Å². The van der Waals surface area contributed by atoms with E-state index in [2.05, 4.69) is 25.6 Å². The molecule has 9 nitrogen and oxygen atoms in total. The Morgan fingerprint density at radius 1 is 1.10 bits per heavy atom. The summed E-state index contributed by atoms with van der Waals surface area (Å²) in [5, 5.41) is 16.2. The third-order valence-electron chi connectivity index (χ3n) is 6.34. The van der Waals surface area contributed by atoms with E-state index in [1.165, 1.54) is 18.2 Å². The highest BCUT2D eigenvalue weighted by Crippen LogP contribution is 2.32. The fraction of sp³-hybridized carbons (Fsp3) is 0.200. The number of aromatic carboxylic acids is 1. The van der Waals surface area contributed by atoms with E-state index in [4.69, 9.17) is 9.72 Å². The summed E-state index contributed by atoms with van der Waals surface area (Å²) >= 11 is 0. The van der Waals surface area contributed by atoms with Crippen molar-refractivity contribution in [3.05, 3.63) is 89.8 Å². The number of nitrogens with zero attached hydrogens (tertiary/aromatic N) is 3. The molecular weight excluding hydrogens is 511 g/mol. The van der Waals surface area contributed by atoms with Gasteiger partial charge in [-0.3, -0.25) is 9.97 Å². The second-order valence-electron chi connectivity index (χ2n) is 9.28. The number of carboxylic acids is 1. The maximum absolute atomic E-state index is 14.7. The monoisotopic (exact) mass is 540 g/mol. The number of halogens is 1. The highest BCUT2D eigenvalue weighted by atomic mass is 19.1. The smallest absolute Gasteiger partial charge is 0.338 e. The molecule has 4 N–H and O–H groups in total. The zero-order valence-electron chi connectivity index (χ0n) is 22.2. The maximum atomic E-state index is 14.7. The summed E-state index contributed by atoms with van der Waals surface area (Å²) in [6.07, 6.45) is 2.61. The van der Waals surface area contributed by atoms with Crippen LogP contribution in [-0.2, 0) is 6.54 Å². The van der Waals surface area contributed by atoms with Crippen molar-refractivity contribution >= 4 is 22.6 Å². The molecule has 0 unspecified atom stereocenters. The van der Waals surface area contributed by atoms with Crippen molar-refractivity contribution < 1.29 is 19.0 Å². The molecule has 0 saturated heterocycles. The fourth-order valence-electron chi connectivity index (χ4n) is 4.37. The van der Waals surface area contributed by atoms with Crippen molar-refractivity contribution in [2.75, 3.05) is 25.5 Å². The van der Waals surface area contributed by atoms with Crippen LogP contribution in [0.4, 0.5) is 10.1 Å². The Bertz CT molecular complexity index is 1670. The van der Waals surface area contributed by atoms with E-state index in [1.54, 1.807) is 6.20 Å². The zero-order chi connectivity index (χ0) is 28.1. The minimum Gasteiger partial charge on any atom is -0.492 e. The van der Waals surface area contributed by atoms with Crippen LogP contribution in [-0.4, -0.2) is 51.2 Å². The Morgan fingerprint density at radius 2 is 1.95 bits per heavy atom. The van der Waals surface area contributed by atoms with Crippen molar-refractivity contribution in [2.24, 2.45) is 0 Å². The molecule has 0 aliphatic rings. The van der Waals surface area contributed by atoms with Crippen LogP contribution < -0.4 is 15.4 Å². The summed E-state index contributed by atoms with van der Waals surface area (Å²) < 4.78 is 20.5. The molecule has 0 fully saturated rings. The summed E-state index contributed by atoms with van der Waals surface area (Å²) in [6.45, 7) is 3.51. The van der Waals surface area contributed by atoms with Gasteiger partial charge in [0, 0.05) is 16.6 Å². The quantitative estimate of drug-likeness (QED) is 0.163. The molecule has 0 saturated carbocycles. The van der Waals surface area contributed by atoms with E-state index in [9.17, 15) is 14.3 Å². The molecule has 204 valence electrons. The Morgan fingerprint density at radius 3 is 2.75 bits per heavy atom. The van der Waals surface area contributed by atoms with Gasteiger partial charge in [-0.2, -0.15) is 0 Å². The minimum atomic E-state index is -1.33. The normalized spacial score (nSPS) is 11.1. The number of rotatable bonds is 11. The maximum Gasteiger partial charge on any atom is 0.338 e. The van der Waals surface area contributed by atoms with Gasteiger partial charge in [-0.25, -0.2) is 14.2 Å². The van der Waals surface area contributed by atoms with Crippen molar-refractivity contribution in [3.8, 4) is 28.4 Å². The van der Waals surface area contributed by atoms with Gasteiger partial charge in [0.25, 0.3) is 0 Å². The Balaban J connectivity index is 1.48. The number of hydrogen-bond acceptors (Lipinski definition) is 7. The van der Waals surface area contributed by atoms with E-state index < -0.39 is 17.3 Å². The number of anilines is 1. The molecule has 0 atom stereocenters. The Hall–Kier alpha value is -4.83. The van der Waals surface area contributed by atoms with Gasteiger partial charge in [-0.1, -0.05) is 18.2 Å². The summed E-state index contributed by atoms with van der Waals surface area (Å²) in [5.41, 5.74) is 4.31. The van der Waals surface area contributed by atoms with Crippen molar-refractivity contribution in [1.82, 2.24) is 25.3 Å². The zero-order valence-corrected chi connectivity index (χ0v) is 22.2. The van der Waals surface area contributed by atoms with Gasteiger partial charge in [0.1, 0.15) is 17.3 Å².